The minimum absolute atomic E-state index is 0.141. The zero-order valence-corrected chi connectivity index (χ0v) is 15.9. The van der Waals surface area contributed by atoms with Crippen LogP contribution in [0.4, 0.5) is 4.39 Å². The molecule has 0 aliphatic heterocycles. The van der Waals surface area contributed by atoms with E-state index in [4.69, 9.17) is 16.3 Å². The van der Waals surface area contributed by atoms with E-state index in [1.54, 1.807) is 0 Å². The maximum absolute atomic E-state index is 13.0. The lowest BCUT2D eigenvalue weighted by atomic mass is 10.1. The number of hydrogen-bond acceptors (Lipinski definition) is 3. The summed E-state index contributed by atoms with van der Waals surface area (Å²) in [7, 11) is 0. The van der Waals surface area contributed by atoms with E-state index in [0.717, 1.165) is 31.3 Å². The molecule has 1 N–H and O–H groups in total. The summed E-state index contributed by atoms with van der Waals surface area (Å²) >= 11 is 5.88. The van der Waals surface area contributed by atoms with Crippen molar-refractivity contribution < 1.29 is 13.9 Å². The molecule has 0 aliphatic carbocycles. The van der Waals surface area contributed by atoms with Crippen LogP contribution < -0.4 is 10.1 Å². The topological polar surface area (TPSA) is 41.6 Å². The molecule has 0 heterocycles. The lowest BCUT2D eigenvalue weighted by Gasteiger charge is -2.20. The van der Waals surface area contributed by atoms with Crippen molar-refractivity contribution in [2.45, 2.75) is 26.9 Å². The first-order valence-electron chi connectivity index (χ1n) is 8.67. The Morgan fingerprint density at radius 1 is 1.15 bits per heavy atom. The number of halogens is 2. The predicted molar refractivity (Wildman–Crippen MR) is 102 cm³/mol. The lowest BCUT2D eigenvalue weighted by molar-refractivity contribution is -0.123. The SMILES string of the molecule is CCN(CC)Cc1ccccc1CNC(=O)COc1ccc(F)cc1Cl. The van der Waals surface area contributed by atoms with Gasteiger partial charge in [-0.15, -0.1) is 0 Å². The second-order valence-corrected chi connectivity index (χ2v) is 6.28. The minimum atomic E-state index is -0.448. The van der Waals surface area contributed by atoms with E-state index in [0.29, 0.717) is 6.54 Å². The van der Waals surface area contributed by atoms with Gasteiger partial charge in [0.25, 0.3) is 5.91 Å². The van der Waals surface area contributed by atoms with Crippen molar-refractivity contribution in [3.8, 4) is 5.75 Å². The van der Waals surface area contributed by atoms with Gasteiger partial charge in [0.05, 0.1) is 5.02 Å². The first kappa shape index (κ1) is 20.2. The van der Waals surface area contributed by atoms with Crippen LogP contribution >= 0.6 is 11.6 Å². The number of nitrogens with zero attached hydrogens (tertiary/aromatic N) is 1. The van der Waals surface area contributed by atoms with E-state index < -0.39 is 5.82 Å². The van der Waals surface area contributed by atoms with Gasteiger partial charge in [0.15, 0.2) is 6.61 Å². The zero-order chi connectivity index (χ0) is 18.9. The molecule has 0 aliphatic rings. The largest absolute Gasteiger partial charge is 0.482 e. The normalized spacial score (nSPS) is 10.8. The van der Waals surface area contributed by atoms with Gasteiger partial charge in [-0.1, -0.05) is 49.7 Å². The van der Waals surface area contributed by atoms with Gasteiger partial charge in [0, 0.05) is 13.1 Å². The number of carbonyl (C=O) groups is 1. The van der Waals surface area contributed by atoms with E-state index in [-0.39, 0.29) is 23.3 Å². The van der Waals surface area contributed by atoms with E-state index in [1.807, 2.05) is 18.2 Å². The summed E-state index contributed by atoms with van der Waals surface area (Å²) in [6, 6.07) is 11.8. The van der Waals surface area contributed by atoms with Crippen LogP contribution in [0.15, 0.2) is 42.5 Å². The summed E-state index contributed by atoms with van der Waals surface area (Å²) in [6.07, 6.45) is 0. The monoisotopic (exact) mass is 378 g/mol. The molecule has 0 spiro atoms. The number of benzene rings is 2. The van der Waals surface area contributed by atoms with Gasteiger partial charge in [-0.2, -0.15) is 0 Å². The first-order chi connectivity index (χ1) is 12.5. The molecule has 0 saturated heterocycles. The van der Waals surface area contributed by atoms with E-state index in [2.05, 4.69) is 30.1 Å². The average Bonchev–Trinajstić information content (AvgIpc) is 2.64. The van der Waals surface area contributed by atoms with Crippen molar-refractivity contribution in [1.82, 2.24) is 10.2 Å². The van der Waals surface area contributed by atoms with Crippen LogP contribution in [0.3, 0.4) is 0 Å². The van der Waals surface area contributed by atoms with Crippen LogP contribution in [-0.2, 0) is 17.9 Å². The number of amides is 1. The molecule has 0 radical (unpaired) electrons. The Morgan fingerprint density at radius 2 is 1.85 bits per heavy atom. The maximum atomic E-state index is 13.0. The van der Waals surface area contributed by atoms with Crippen molar-refractivity contribution in [3.63, 3.8) is 0 Å². The molecule has 1 amide bonds. The number of hydrogen-bond donors (Lipinski definition) is 1. The van der Waals surface area contributed by atoms with Crippen molar-refractivity contribution >= 4 is 17.5 Å². The van der Waals surface area contributed by atoms with E-state index >= 15 is 0 Å². The van der Waals surface area contributed by atoms with Crippen molar-refractivity contribution in [2.24, 2.45) is 0 Å². The Hall–Kier alpha value is -2.11. The third-order valence-electron chi connectivity index (χ3n) is 4.14. The summed E-state index contributed by atoms with van der Waals surface area (Å²) in [6.45, 7) is 7.31. The fourth-order valence-corrected chi connectivity index (χ4v) is 2.77. The van der Waals surface area contributed by atoms with E-state index in [1.165, 1.54) is 17.7 Å². The van der Waals surface area contributed by atoms with Crippen molar-refractivity contribution in [2.75, 3.05) is 19.7 Å². The second-order valence-electron chi connectivity index (χ2n) is 5.87. The molecule has 2 rings (SSSR count). The quantitative estimate of drug-likeness (QED) is 0.716. The van der Waals surface area contributed by atoms with Gasteiger partial charge in [-0.3, -0.25) is 9.69 Å². The van der Waals surface area contributed by atoms with Gasteiger partial charge in [-0.25, -0.2) is 4.39 Å². The van der Waals surface area contributed by atoms with Crippen molar-refractivity contribution in [1.29, 1.82) is 0 Å². The summed E-state index contributed by atoms with van der Waals surface area (Å²) in [4.78, 5) is 14.4. The molecule has 26 heavy (non-hydrogen) atoms. The van der Waals surface area contributed by atoms with Crippen LogP contribution in [0.1, 0.15) is 25.0 Å². The Morgan fingerprint density at radius 3 is 2.50 bits per heavy atom. The highest BCUT2D eigenvalue weighted by molar-refractivity contribution is 6.32. The van der Waals surface area contributed by atoms with E-state index in [9.17, 15) is 9.18 Å². The molecule has 6 heteroatoms. The molecular weight excluding hydrogens is 355 g/mol. The van der Waals surface area contributed by atoms with Gasteiger partial charge in [-0.05, 0) is 42.4 Å². The predicted octanol–water partition coefficient (Wildman–Crippen LogP) is 4.02. The summed E-state index contributed by atoms with van der Waals surface area (Å²) in [5.74, 6) is -0.426. The maximum Gasteiger partial charge on any atom is 0.258 e. The number of nitrogens with one attached hydrogen (secondary N) is 1. The average molecular weight is 379 g/mol. The molecule has 140 valence electrons. The minimum Gasteiger partial charge on any atom is -0.482 e. The van der Waals surface area contributed by atoms with Crippen LogP contribution in [0.2, 0.25) is 5.02 Å². The standard InChI is InChI=1S/C20H24ClFN2O2/c1-3-24(4-2)13-16-8-6-5-7-15(16)12-23-20(25)14-26-19-10-9-17(22)11-18(19)21/h5-11H,3-4,12-14H2,1-2H3,(H,23,25). The fraction of sp³-hybridized carbons (Fsp3) is 0.350. The number of rotatable bonds is 9. The van der Waals surface area contributed by atoms with Crippen LogP contribution in [-0.4, -0.2) is 30.5 Å². The molecule has 0 fully saturated rings. The first-order valence-corrected chi connectivity index (χ1v) is 9.05. The summed E-state index contributed by atoms with van der Waals surface area (Å²) in [5.41, 5.74) is 2.27. The highest BCUT2D eigenvalue weighted by Gasteiger charge is 2.09. The third kappa shape index (κ3) is 6.00. The Kier molecular flexibility index (Phi) is 7.88. The highest BCUT2D eigenvalue weighted by Crippen LogP contribution is 2.24. The molecule has 0 atom stereocenters. The Balaban J connectivity index is 1.89. The van der Waals surface area contributed by atoms with Crippen molar-refractivity contribution in [3.05, 3.63) is 64.4 Å². The molecular formula is C20H24ClFN2O2. The fourth-order valence-electron chi connectivity index (χ4n) is 2.55. The Bertz CT molecular complexity index is 736. The molecule has 0 saturated carbocycles. The van der Waals surface area contributed by atoms with Crippen LogP contribution in [0.25, 0.3) is 0 Å². The molecule has 2 aromatic carbocycles. The van der Waals surface area contributed by atoms with Crippen LogP contribution in [0.5, 0.6) is 5.75 Å². The molecule has 0 aromatic heterocycles. The molecule has 0 bridgehead atoms. The smallest absolute Gasteiger partial charge is 0.258 e. The number of ether oxygens (including phenoxy) is 1. The molecule has 2 aromatic rings. The molecule has 0 unspecified atom stereocenters. The van der Waals surface area contributed by atoms with Crippen LogP contribution in [0, 0.1) is 5.82 Å². The van der Waals surface area contributed by atoms with Gasteiger partial charge in [0.1, 0.15) is 11.6 Å². The summed E-state index contributed by atoms with van der Waals surface area (Å²) < 4.78 is 18.4. The zero-order valence-electron chi connectivity index (χ0n) is 15.1. The number of carbonyl (C=O) groups excluding carboxylic acids is 1. The second kappa shape index (κ2) is 10.1. The van der Waals surface area contributed by atoms with Gasteiger partial charge in [0.2, 0.25) is 0 Å². The Labute approximate surface area is 158 Å². The third-order valence-corrected chi connectivity index (χ3v) is 4.43. The summed E-state index contributed by atoms with van der Waals surface area (Å²) in [5, 5.41) is 2.99. The molecule has 4 nitrogen and oxygen atoms in total. The van der Waals surface area contributed by atoms with Gasteiger partial charge >= 0.3 is 0 Å². The van der Waals surface area contributed by atoms with Gasteiger partial charge < -0.3 is 10.1 Å². The lowest BCUT2D eigenvalue weighted by Crippen LogP contribution is -2.29. The highest BCUT2D eigenvalue weighted by atomic mass is 35.5.